The summed E-state index contributed by atoms with van der Waals surface area (Å²) in [6, 6.07) is 9.06. The highest BCUT2D eigenvalue weighted by Gasteiger charge is 2.28. The summed E-state index contributed by atoms with van der Waals surface area (Å²) in [7, 11) is 2.21. The van der Waals surface area contributed by atoms with E-state index in [-0.39, 0.29) is 5.41 Å². The second-order valence-electron chi connectivity index (χ2n) is 7.04. The Balaban J connectivity index is 1.79. The van der Waals surface area contributed by atoms with Crippen LogP contribution in [0.25, 0.3) is 0 Å². The molecule has 0 aromatic heterocycles. The molecule has 102 valence electrons. The minimum absolute atomic E-state index is 0.228. The fourth-order valence-electron chi connectivity index (χ4n) is 3.12. The van der Waals surface area contributed by atoms with Crippen molar-refractivity contribution >= 4 is 5.69 Å². The Morgan fingerprint density at radius 3 is 2.16 bits per heavy atom. The number of anilines is 1. The minimum Gasteiger partial charge on any atom is -0.363 e. The van der Waals surface area contributed by atoms with Crippen LogP contribution in [-0.2, 0) is 5.41 Å². The van der Waals surface area contributed by atoms with E-state index in [0.29, 0.717) is 0 Å². The molecule has 0 atom stereocenters. The van der Waals surface area contributed by atoms with E-state index >= 15 is 0 Å². The lowest BCUT2D eigenvalue weighted by atomic mass is 9.87. The maximum absolute atomic E-state index is 2.52. The summed E-state index contributed by atoms with van der Waals surface area (Å²) in [6.07, 6.45) is 0. The molecule has 0 spiro atoms. The molecule has 3 rings (SSSR count). The summed E-state index contributed by atoms with van der Waals surface area (Å²) in [4.78, 5) is 4.93. The van der Waals surface area contributed by atoms with Gasteiger partial charge in [-0.15, -0.1) is 0 Å². The predicted molar refractivity (Wildman–Crippen MR) is 81.9 cm³/mol. The van der Waals surface area contributed by atoms with E-state index in [4.69, 9.17) is 0 Å². The summed E-state index contributed by atoms with van der Waals surface area (Å²) in [6.45, 7) is 11.4. The van der Waals surface area contributed by atoms with Crippen LogP contribution in [0.1, 0.15) is 26.3 Å². The highest BCUT2D eigenvalue weighted by Crippen LogP contribution is 2.31. The van der Waals surface area contributed by atoms with Gasteiger partial charge in [0, 0.05) is 31.9 Å². The molecule has 0 saturated carbocycles. The topological polar surface area (TPSA) is 6.48 Å². The van der Waals surface area contributed by atoms with Crippen LogP contribution in [0.15, 0.2) is 35.4 Å². The highest BCUT2D eigenvalue weighted by atomic mass is 15.2. The van der Waals surface area contributed by atoms with Crippen LogP contribution < -0.4 is 4.90 Å². The summed E-state index contributed by atoms with van der Waals surface area (Å²) in [5.74, 6) is 0. The van der Waals surface area contributed by atoms with E-state index in [1.807, 2.05) is 0 Å². The number of nitrogens with zero attached hydrogens (tertiary/aromatic N) is 2. The van der Waals surface area contributed by atoms with Crippen LogP contribution in [0.4, 0.5) is 5.69 Å². The molecule has 2 aliphatic rings. The van der Waals surface area contributed by atoms with Crippen LogP contribution in [0.2, 0.25) is 0 Å². The van der Waals surface area contributed by atoms with Crippen LogP contribution in [0.3, 0.4) is 0 Å². The largest absolute Gasteiger partial charge is 0.363 e. The molecular weight excluding hydrogens is 232 g/mol. The zero-order valence-electron chi connectivity index (χ0n) is 12.5. The van der Waals surface area contributed by atoms with E-state index in [0.717, 1.165) is 26.2 Å². The number of rotatable bonds is 1. The van der Waals surface area contributed by atoms with Gasteiger partial charge in [0.1, 0.15) is 0 Å². The first-order valence-corrected chi connectivity index (χ1v) is 7.17. The van der Waals surface area contributed by atoms with Crippen molar-refractivity contribution in [3.05, 3.63) is 41.0 Å². The molecule has 1 aromatic rings. The first-order valence-electron chi connectivity index (χ1n) is 7.17. The molecule has 0 bridgehead atoms. The maximum Gasteiger partial charge on any atom is 0.0408 e. The Labute approximate surface area is 116 Å². The maximum atomic E-state index is 2.52. The second-order valence-corrected chi connectivity index (χ2v) is 7.04. The molecule has 19 heavy (non-hydrogen) atoms. The SMILES string of the molecule is CN1CC2=C(C1)CN(c1cccc(C(C)(C)C)c1)C2. The third-order valence-corrected chi connectivity index (χ3v) is 4.26. The smallest absolute Gasteiger partial charge is 0.0408 e. The highest BCUT2D eigenvalue weighted by molar-refractivity contribution is 5.56. The van der Waals surface area contributed by atoms with E-state index in [2.05, 4.69) is 61.9 Å². The summed E-state index contributed by atoms with van der Waals surface area (Å²) in [5.41, 5.74) is 6.32. The van der Waals surface area contributed by atoms with E-state index in [1.54, 1.807) is 11.1 Å². The molecular formula is C17H24N2. The lowest BCUT2D eigenvalue weighted by molar-refractivity contribution is 0.417. The number of benzene rings is 1. The minimum atomic E-state index is 0.228. The van der Waals surface area contributed by atoms with Gasteiger partial charge >= 0.3 is 0 Å². The van der Waals surface area contributed by atoms with Crippen molar-refractivity contribution in [2.24, 2.45) is 0 Å². The molecule has 0 fully saturated rings. The molecule has 0 radical (unpaired) electrons. The van der Waals surface area contributed by atoms with Crippen molar-refractivity contribution in [3.63, 3.8) is 0 Å². The number of hydrogen-bond acceptors (Lipinski definition) is 2. The van der Waals surface area contributed by atoms with Gasteiger partial charge in [-0.1, -0.05) is 32.9 Å². The van der Waals surface area contributed by atoms with Gasteiger partial charge in [-0.3, -0.25) is 4.90 Å². The van der Waals surface area contributed by atoms with Crippen molar-refractivity contribution in [3.8, 4) is 0 Å². The normalized spacial score (nSPS) is 20.3. The lowest BCUT2D eigenvalue weighted by Crippen LogP contribution is -2.27. The van der Waals surface area contributed by atoms with Crippen molar-refractivity contribution < 1.29 is 0 Å². The Morgan fingerprint density at radius 2 is 1.58 bits per heavy atom. The van der Waals surface area contributed by atoms with E-state index in [1.165, 1.54) is 11.3 Å². The Bertz CT molecular complexity index is 504. The molecule has 0 unspecified atom stereocenters. The monoisotopic (exact) mass is 256 g/mol. The summed E-state index contributed by atoms with van der Waals surface area (Å²) in [5, 5.41) is 0. The molecule has 1 aromatic carbocycles. The average molecular weight is 256 g/mol. The fourth-order valence-corrected chi connectivity index (χ4v) is 3.12. The molecule has 0 amide bonds. The van der Waals surface area contributed by atoms with Gasteiger partial charge in [0.2, 0.25) is 0 Å². The zero-order valence-corrected chi connectivity index (χ0v) is 12.5. The van der Waals surface area contributed by atoms with Crippen LogP contribution in [0, 0.1) is 0 Å². The fraction of sp³-hybridized carbons (Fsp3) is 0.529. The van der Waals surface area contributed by atoms with E-state index < -0.39 is 0 Å². The quantitative estimate of drug-likeness (QED) is 0.713. The zero-order chi connectivity index (χ0) is 13.6. The molecule has 2 heterocycles. The predicted octanol–water partition coefficient (Wildman–Crippen LogP) is 3.05. The Morgan fingerprint density at radius 1 is 0.947 bits per heavy atom. The molecule has 0 N–H and O–H groups in total. The second kappa shape index (κ2) is 4.38. The van der Waals surface area contributed by atoms with Crippen molar-refractivity contribution in [2.45, 2.75) is 26.2 Å². The van der Waals surface area contributed by atoms with Crippen molar-refractivity contribution in [2.75, 3.05) is 38.1 Å². The molecule has 0 saturated heterocycles. The van der Waals surface area contributed by atoms with Crippen molar-refractivity contribution in [1.29, 1.82) is 0 Å². The first-order chi connectivity index (χ1) is 8.93. The molecule has 2 heteroatoms. The Kier molecular flexibility index (Phi) is 2.94. The van der Waals surface area contributed by atoms with Gasteiger partial charge in [0.15, 0.2) is 0 Å². The van der Waals surface area contributed by atoms with Gasteiger partial charge in [-0.2, -0.15) is 0 Å². The Hall–Kier alpha value is -1.28. The van der Waals surface area contributed by atoms with Gasteiger partial charge in [0.05, 0.1) is 0 Å². The average Bonchev–Trinajstić information content (AvgIpc) is 2.85. The molecule has 2 aliphatic heterocycles. The summed E-state index contributed by atoms with van der Waals surface area (Å²) < 4.78 is 0. The van der Waals surface area contributed by atoms with Gasteiger partial charge < -0.3 is 4.90 Å². The van der Waals surface area contributed by atoms with E-state index in [9.17, 15) is 0 Å². The standard InChI is InChI=1S/C17H24N2/c1-17(2,3)15-6-5-7-16(8-15)19-11-13-9-18(4)10-14(13)12-19/h5-8H,9-12H2,1-4H3. The third kappa shape index (κ3) is 2.42. The number of hydrogen-bond donors (Lipinski definition) is 0. The van der Waals surface area contributed by atoms with Crippen LogP contribution in [0.5, 0.6) is 0 Å². The summed E-state index contributed by atoms with van der Waals surface area (Å²) >= 11 is 0. The lowest BCUT2D eigenvalue weighted by Gasteiger charge is -2.25. The van der Waals surface area contributed by atoms with Crippen LogP contribution in [-0.4, -0.2) is 38.1 Å². The van der Waals surface area contributed by atoms with Crippen LogP contribution >= 0.6 is 0 Å². The van der Waals surface area contributed by atoms with Gasteiger partial charge in [-0.25, -0.2) is 0 Å². The van der Waals surface area contributed by atoms with Crippen molar-refractivity contribution in [1.82, 2.24) is 4.90 Å². The molecule has 2 nitrogen and oxygen atoms in total. The molecule has 0 aliphatic carbocycles. The van der Waals surface area contributed by atoms with Gasteiger partial charge in [-0.05, 0) is 41.3 Å². The third-order valence-electron chi connectivity index (χ3n) is 4.26. The first kappa shape index (κ1) is 12.7. The van der Waals surface area contributed by atoms with Gasteiger partial charge in [0.25, 0.3) is 0 Å². The number of likely N-dealkylation sites (N-methyl/N-ethyl adjacent to an activating group) is 1.